The number of rotatable bonds is 9. The number of benzene rings is 2. The summed E-state index contributed by atoms with van der Waals surface area (Å²) in [6, 6.07) is 12.9. The summed E-state index contributed by atoms with van der Waals surface area (Å²) in [6.45, 7) is 3.60. The Balaban J connectivity index is 1.62. The second kappa shape index (κ2) is 11.7. The van der Waals surface area contributed by atoms with E-state index >= 15 is 0 Å². The Morgan fingerprint density at radius 2 is 1.84 bits per heavy atom. The lowest BCUT2D eigenvalue weighted by molar-refractivity contribution is 0.0953. The van der Waals surface area contributed by atoms with Crippen LogP contribution >= 0.6 is 11.8 Å². The van der Waals surface area contributed by atoms with Gasteiger partial charge in [0.25, 0.3) is 5.91 Å². The van der Waals surface area contributed by atoms with Gasteiger partial charge < -0.3 is 10.1 Å². The van der Waals surface area contributed by atoms with Crippen LogP contribution in [0.4, 0.5) is 0 Å². The highest BCUT2D eigenvalue weighted by molar-refractivity contribution is 7.98. The van der Waals surface area contributed by atoms with Crippen LogP contribution in [0, 0.1) is 6.92 Å². The first-order valence-electron chi connectivity index (χ1n) is 11.0. The van der Waals surface area contributed by atoms with Gasteiger partial charge in [0.1, 0.15) is 5.75 Å². The molecule has 8 heteroatoms. The molecule has 0 saturated carbocycles. The maximum absolute atomic E-state index is 13.1. The van der Waals surface area contributed by atoms with Gasteiger partial charge in [0.15, 0.2) is 0 Å². The smallest absolute Gasteiger partial charge is 0.255 e. The van der Waals surface area contributed by atoms with Gasteiger partial charge in [-0.15, -0.1) is 0 Å². The third kappa shape index (κ3) is 6.49. The maximum Gasteiger partial charge on any atom is 0.255 e. The lowest BCUT2D eigenvalue weighted by Crippen LogP contribution is -2.32. The zero-order valence-corrected chi connectivity index (χ0v) is 20.4. The van der Waals surface area contributed by atoms with Crippen LogP contribution in [0.1, 0.15) is 47.2 Å². The molecule has 0 bridgehead atoms. The topological polar surface area (TPSA) is 75.7 Å². The fraction of sp³-hybridized carbons (Fsp3) is 0.458. The molecule has 174 valence electrons. The number of sulfonamides is 1. The molecule has 2 aromatic carbocycles. The van der Waals surface area contributed by atoms with E-state index in [0.29, 0.717) is 25.4 Å². The average molecular weight is 477 g/mol. The molecule has 0 atom stereocenters. The van der Waals surface area contributed by atoms with Crippen molar-refractivity contribution in [2.75, 3.05) is 32.5 Å². The lowest BCUT2D eigenvalue weighted by Gasteiger charge is -2.20. The van der Waals surface area contributed by atoms with Crippen molar-refractivity contribution in [3.63, 3.8) is 0 Å². The van der Waals surface area contributed by atoms with E-state index in [0.717, 1.165) is 37.2 Å². The minimum atomic E-state index is -3.64. The van der Waals surface area contributed by atoms with Crippen molar-refractivity contribution in [3.05, 3.63) is 59.2 Å². The summed E-state index contributed by atoms with van der Waals surface area (Å²) in [7, 11) is -2.16. The molecule has 0 unspecified atom stereocenters. The molecule has 2 aromatic rings. The largest absolute Gasteiger partial charge is 0.496 e. The van der Waals surface area contributed by atoms with Gasteiger partial charge in [-0.1, -0.05) is 42.7 Å². The van der Waals surface area contributed by atoms with E-state index in [4.69, 9.17) is 4.74 Å². The first-order valence-corrected chi connectivity index (χ1v) is 13.6. The number of nitrogens with one attached hydrogen (secondary N) is 1. The number of nitrogens with zero attached hydrogens (tertiary/aromatic N) is 1. The highest BCUT2D eigenvalue weighted by atomic mass is 32.2. The summed E-state index contributed by atoms with van der Waals surface area (Å²) in [4.78, 5) is 12.9. The van der Waals surface area contributed by atoms with E-state index in [9.17, 15) is 13.2 Å². The Morgan fingerprint density at radius 1 is 1.09 bits per heavy atom. The molecule has 1 amide bonds. The van der Waals surface area contributed by atoms with Gasteiger partial charge >= 0.3 is 0 Å². The van der Waals surface area contributed by atoms with E-state index in [2.05, 4.69) is 30.4 Å². The van der Waals surface area contributed by atoms with E-state index in [-0.39, 0.29) is 16.4 Å². The average Bonchev–Trinajstić information content (AvgIpc) is 3.08. The first kappa shape index (κ1) is 24.6. The summed E-state index contributed by atoms with van der Waals surface area (Å²) in [5.74, 6) is 1.67. The molecule has 0 aromatic heterocycles. The molecule has 1 aliphatic heterocycles. The lowest BCUT2D eigenvalue weighted by atomic mass is 10.2. The van der Waals surface area contributed by atoms with Crippen LogP contribution in [0.5, 0.6) is 5.75 Å². The van der Waals surface area contributed by atoms with Crippen molar-refractivity contribution < 1.29 is 17.9 Å². The summed E-state index contributed by atoms with van der Waals surface area (Å²) in [5.41, 5.74) is 2.74. The van der Waals surface area contributed by atoms with E-state index in [1.54, 1.807) is 17.8 Å². The number of aryl methyl sites for hydroxylation is 1. The number of thioether (sulfide) groups is 1. The maximum atomic E-state index is 13.1. The predicted octanol–water partition coefficient (Wildman–Crippen LogP) is 4.23. The number of carbonyl (C=O) groups excluding carboxylic acids is 1. The molecular weight excluding hydrogens is 444 g/mol. The van der Waals surface area contributed by atoms with Crippen LogP contribution < -0.4 is 10.1 Å². The zero-order valence-electron chi connectivity index (χ0n) is 18.8. The molecule has 1 fully saturated rings. The molecule has 0 spiro atoms. The highest BCUT2D eigenvalue weighted by Crippen LogP contribution is 2.26. The number of hydrogen-bond donors (Lipinski definition) is 1. The summed E-state index contributed by atoms with van der Waals surface area (Å²) in [5, 5.41) is 2.89. The number of hydrogen-bond acceptors (Lipinski definition) is 5. The molecule has 32 heavy (non-hydrogen) atoms. The van der Waals surface area contributed by atoms with Crippen molar-refractivity contribution >= 4 is 27.7 Å². The van der Waals surface area contributed by atoms with E-state index in [1.807, 2.05) is 6.07 Å². The van der Waals surface area contributed by atoms with Crippen molar-refractivity contribution in [1.82, 2.24) is 9.62 Å². The fourth-order valence-electron chi connectivity index (χ4n) is 3.78. The second-order valence-corrected chi connectivity index (χ2v) is 11.0. The first-order chi connectivity index (χ1) is 15.4. The van der Waals surface area contributed by atoms with Crippen molar-refractivity contribution in [1.29, 1.82) is 0 Å². The molecule has 1 aliphatic rings. The minimum absolute atomic E-state index is 0.138. The Hall–Kier alpha value is -2.03. The van der Waals surface area contributed by atoms with Crippen LogP contribution in [0.25, 0.3) is 0 Å². The normalized spacial score (nSPS) is 15.2. The Bertz CT molecular complexity index is 1020. The Labute approximate surface area is 195 Å². The van der Waals surface area contributed by atoms with Crippen LogP contribution in [0.3, 0.4) is 0 Å². The molecule has 3 rings (SSSR count). The molecular formula is C24H32N2O4S2. The van der Waals surface area contributed by atoms with E-state index < -0.39 is 10.0 Å². The molecule has 1 N–H and O–H groups in total. The Morgan fingerprint density at radius 3 is 2.53 bits per heavy atom. The van der Waals surface area contributed by atoms with Crippen LogP contribution in [0.2, 0.25) is 0 Å². The highest BCUT2D eigenvalue weighted by Gasteiger charge is 2.27. The van der Waals surface area contributed by atoms with Gasteiger partial charge in [0, 0.05) is 31.1 Å². The van der Waals surface area contributed by atoms with Gasteiger partial charge in [-0.25, -0.2) is 8.42 Å². The molecule has 1 saturated heterocycles. The number of amides is 1. The van der Waals surface area contributed by atoms with Gasteiger partial charge in [-0.05, 0) is 43.5 Å². The SMILES string of the molecule is COc1ccc(S(=O)(=O)N2CCCCCC2)cc1C(=O)NCCSCc1cccc(C)c1. The van der Waals surface area contributed by atoms with Gasteiger partial charge in [-0.3, -0.25) is 4.79 Å². The van der Waals surface area contributed by atoms with E-state index in [1.165, 1.54) is 34.7 Å². The second-order valence-electron chi connectivity index (χ2n) is 7.98. The van der Waals surface area contributed by atoms with Crippen molar-refractivity contribution in [2.24, 2.45) is 0 Å². The van der Waals surface area contributed by atoms with Crippen molar-refractivity contribution in [3.8, 4) is 5.75 Å². The third-order valence-corrected chi connectivity index (χ3v) is 8.43. The standard InChI is InChI=1S/C24H32N2O4S2/c1-19-8-7-9-20(16-19)18-31-15-12-25-24(27)22-17-21(10-11-23(22)30-2)32(28,29)26-13-5-3-4-6-14-26/h7-11,16-17H,3-6,12-15,18H2,1-2H3,(H,25,27). The van der Waals surface area contributed by atoms with Crippen LogP contribution in [-0.4, -0.2) is 51.1 Å². The third-order valence-electron chi connectivity index (χ3n) is 5.50. The monoisotopic (exact) mass is 476 g/mol. The molecule has 1 heterocycles. The van der Waals surface area contributed by atoms with Gasteiger partial charge in [-0.2, -0.15) is 16.1 Å². The number of carbonyl (C=O) groups is 1. The Kier molecular flexibility index (Phi) is 9.02. The molecule has 6 nitrogen and oxygen atoms in total. The summed E-state index contributed by atoms with van der Waals surface area (Å²) >= 11 is 1.74. The van der Waals surface area contributed by atoms with Crippen LogP contribution in [0.15, 0.2) is 47.4 Å². The summed E-state index contributed by atoms with van der Waals surface area (Å²) < 4.78 is 33.1. The number of methoxy groups -OCH3 is 1. The fourth-order valence-corrected chi connectivity index (χ4v) is 6.13. The van der Waals surface area contributed by atoms with Gasteiger partial charge in [0.05, 0.1) is 17.6 Å². The molecule has 0 radical (unpaired) electrons. The zero-order chi connectivity index (χ0) is 23.0. The number of ether oxygens (including phenoxy) is 1. The minimum Gasteiger partial charge on any atom is -0.496 e. The predicted molar refractivity (Wildman–Crippen MR) is 130 cm³/mol. The van der Waals surface area contributed by atoms with Crippen molar-refractivity contribution in [2.45, 2.75) is 43.3 Å². The quantitative estimate of drug-likeness (QED) is 0.548. The molecule has 0 aliphatic carbocycles. The van der Waals surface area contributed by atoms with Gasteiger partial charge in [0.2, 0.25) is 10.0 Å². The van der Waals surface area contributed by atoms with Crippen LogP contribution in [-0.2, 0) is 15.8 Å². The summed E-state index contributed by atoms with van der Waals surface area (Å²) in [6.07, 6.45) is 3.82.